The number of amides is 4. The fourth-order valence-corrected chi connectivity index (χ4v) is 1.81. The molecule has 0 saturated heterocycles. The Morgan fingerprint density at radius 2 is 1.48 bits per heavy atom. The van der Waals surface area contributed by atoms with Crippen LogP contribution in [0.15, 0.2) is 18.2 Å². The van der Waals surface area contributed by atoms with Crippen molar-refractivity contribution in [2.45, 2.75) is 59.5 Å². The van der Waals surface area contributed by atoms with Gasteiger partial charge in [0.25, 0.3) is 0 Å². The van der Waals surface area contributed by atoms with Gasteiger partial charge in [0.2, 0.25) is 0 Å². The number of anilines is 2. The summed E-state index contributed by atoms with van der Waals surface area (Å²) in [7, 11) is 0. The van der Waals surface area contributed by atoms with Crippen molar-refractivity contribution in [1.29, 1.82) is 0 Å². The Bertz CT molecular complexity index is 545. The second-order valence-corrected chi connectivity index (χ2v) is 5.85. The largest absolute Gasteiger partial charge is 0.335 e. The van der Waals surface area contributed by atoms with Crippen LogP contribution in [0.2, 0.25) is 0 Å². The highest BCUT2D eigenvalue weighted by atomic mass is 16.2. The zero-order chi connectivity index (χ0) is 17.4. The van der Waals surface area contributed by atoms with Crippen LogP contribution in [-0.4, -0.2) is 24.1 Å². The van der Waals surface area contributed by atoms with E-state index in [9.17, 15) is 9.59 Å². The quantitative estimate of drug-likeness (QED) is 0.642. The van der Waals surface area contributed by atoms with Crippen LogP contribution >= 0.6 is 0 Å². The van der Waals surface area contributed by atoms with Gasteiger partial charge in [-0.2, -0.15) is 0 Å². The molecule has 0 aliphatic heterocycles. The van der Waals surface area contributed by atoms with Crippen molar-refractivity contribution >= 4 is 23.4 Å². The maximum atomic E-state index is 11.9. The van der Waals surface area contributed by atoms with E-state index in [1.807, 2.05) is 46.8 Å². The smallest absolute Gasteiger partial charge is 0.319 e. The van der Waals surface area contributed by atoms with Crippen LogP contribution in [0.25, 0.3) is 0 Å². The van der Waals surface area contributed by atoms with Crippen molar-refractivity contribution in [2.75, 3.05) is 10.6 Å². The lowest BCUT2D eigenvalue weighted by atomic mass is 10.2. The maximum absolute atomic E-state index is 11.9. The number of carbonyl (C=O) groups is 2. The first-order chi connectivity index (χ1) is 10.8. The molecule has 0 saturated carbocycles. The van der Waals surface area contributed by atoms with E-state index in [-0.39, 0.29) is 24.1 Å². The number of hydrogen-bond donors (Lipinski definition) is 4. The van der Waals surface area contributed by atoms with Gasteiger partial charge in [0.05, 0.1) is 0 Å². The molecule has 0 fully saturated rings. The summed E-state index contributed by atoms with van der Waals surface area (Å²) in [4.78, 5) is 23.8. The van der Waals surface area contributed by atoms with Gasteiger partial charge in [-0.1, -0.05) is 19.9 Å². The molecule has 6 heteroatoms. The van der Waals surface area contributed by atoms with Gasteiger partial charge in [0.15, 0.2) is 0 Å². The van der Waals surface area contributed by atoms with Crippen LogP contribution in [0, 0.1) is 6.92 Å². The first kappa shape index (κ1) is 18.8. The highest BCUT2D eigenvalue weighted by Crippen LogP contribution is 2.20. The van der Waals surface area contributed by atoms with Gasteiger partial charge in [0, 0.05) is 23.5 Å². The average molecular weight is 320 g/mol. The Morgan fingerprint density at radius 1 is 0.957 bits per heavy atom. The SMILES string of the molecule is CC[C@@H](C)NC(=O)Nc1cc(NC(=O)N[C@@H](C)CC)ccc1C. The van der Waals surface area contributed by atoms with Crippen molar-refractivity contribution in [3.63, 3.8) is 0 Å². The van der Waals surface area contributed by atoms with Gasteiger partial charge in [-0.3, -0.25) is 0 Å². The molecule has 2 atom stereocenters. The predicted octanol–water partition coefficient (Wildman–Crippen LogP) is 3.84. The molecule has 0 aromatic heterocycles. The van der Waals surface area contributed by atoms with Crippen LogP contribution in [0.5, 0.6) is 0 Å². The fourth-order valence-electron chi connectivity index (χ4n) is 1.81. The van der Waals surface area contributed by atoms with E-state index in [2.05, 4.69) is 21.3 Å². The van der Waals surface area contributed by atoms with E-state index in [0.29, 0.717) is 11.4 Å². The minimum atomic E-state index is -0.252. The lowest BCUT2D eigenvalue weighted by molar-refractivity contribution is 0.248. The first-order valence-corrected chi connectivity index (χ1v) is 8.11. The van der Waals surface area contributed by atoms with Crippen molar-refractivity contribution in [2.24, 2.45) is 0 Å². The van der Waals surface area contributed by atoms with Gasteiger partial charge < -0.3 is 21.3 Å². The highest BCUT2D eigenvalue weighted by molar-refractivity contribution is 5.93. The Morgan fingerprint density at radius 3 is 2.00 bits per heavy atom. The third kappa shape index (κ3) is 6.59. The van der Waals surface area contributed by atoms with Gasteiger partial charge in [0.1, 0.15) is 0 Å². The molecule has 0 unspecified atom stereocenters. The second-order valence-electron chi connectivity index (χ2n) is 5.85. The summed E-state index contributed by atoms with van der Waals surface area (Å²) in [6.07, 6.45) is 1.73. The third-order valence-corrected chi connectivity index (χ3v) is 3.72. The third-order valence-electron chi connectivity index (χ3n) is 3.72. The number of nitrogens with one attached hydrogen (secondary N) is 4. The molecular formula is C17H28N4O2. The van der Waals surface area contributed by atoms with Crippen molar-refractivity contribution in [1.82, 2.24) is 10.6 Å². The number of hydrogen-bond acceptors (Lipinski definition) is 2. The van der Waals surface area contributed by atoms with Crippen molar-refractivity contribution in [3.05, 3.63) is 23.8 Å². The normalized spacial score (nSPS) is 12.9. The van der Waals surface area contributed by atoms with E-state index in [4.69, 9.17) is 0 Å². The molecule has 0 heterocycles. The molecule has 4 amide bonds. The summed E-state index contributed by atoms with van der Waals surface area (Å²) in [5, 5.41) is 11.3. The predicted molar refractivity (Wildman–Crippen MR) is 95.0 cm³/mol. The Kier molecular flexibility index (Phi) is 7.38. The van der Waals surface area contributed by atoms with E-state index < -0.39 is 0 Å². The standard InChI is InChI=1S/C17H28N4O2/c1-6-12(4)18-16(22)20-14-9-8-11(3)15(10-14)21-17(23)19-13(5)7-2/h8-10,12-13H,6-7H2,1-5H3,(H2,18,20,22)(H2,19,21,23)/t12-,13+/m0/s1. The van der Waals surface area contributed by atoms with Gasteiger partial charge in [-0.15, -0.1) is 0 Å². The molecule has 0 bridgehead atoms. The van der Waals surface area contributed by atoms with Crippen LogP contribution in [-0.2, 0) is 0 Å². The number of urea groups is 2. The van der Waals surface area contributed by atoms with E-state index >= 15 is 0 Å². The van der Waals surface area contributed by atoms with Crippen molar-refractivity contribution < 1.29 is 9.59 Å². The highest BCUT2D eigenvalue weighted by Gasteiger charge is 2.10. The lowest BCUT2D eigenvalue weighted by Crippen LogP contribution is -2.36. The minimum Gasteiger partial charge on any atom is -0.335 e. The molecule has 0 aliphatic carbocycles. The second kappa shape index (κ2) is 9.02. The number of benzene rings is 1. The monoisotopic (exact) mass is 320 g/mol. The zero-order valence-electron chi connectivity index (χ0n) is 14.6. The Balaban J connectivity index is 2.71. The molecular weight excluding hydrogens is 292 g/mol. The number of aryl methyl sites for hydroxylation is 1. The molecule has 1 aromatic rings. The Hall–Kier alpha value is -2.24. The molecule has 1 rings (SSSR count). The zero-order valence-corrected chi connectivity index (χ0v) is 14.6. The molecule has 4 N–H and O–H groups in total. The summed E-state index contributed by atoms with van der Waals surface area (Å²) < 4.78 is 0. The topological polar surface area (TPSA) is 82.3 Å². The molecule has 6 nitrogen and oxygen atoms in total. The molecule has 1 aromatic carbocycles. The minimum absolute atomic E-state index is 0.109. The first-order valence-electron chi connectivity index (χ1n) is 8.11. The van der Waals surface area contributed by atoms with Crippen LogP contribution < -0.4 is 21.3 Å². The van der Waals surface area contributed by atoms with E-state index in [1.165, 1.54) is 0 Å². The van der Waals surface area contributed by atoms with Gasteiger partial charge in [-0.05, 0) is 51.3 Å². The Labute approximate surface area is 138 Å². The summed E-state index contributed by atoms with van der Waals surface area (Å²) in [5.74, 6) is 0. The van der Waals surface area contributed by atoms with Crippen LogP contribution in [0.3, 0.4) is 0 Å². The van der Waals surface area contributed by atoms with Crippen molar-refractivity contribution in [3.8, 4) is 0 Å². The summed E-state index contributed by atoms with van der Waals surface area (Å²) >= 11 is 0. The number of rotatable bonds is 6. The van der Waals surface area contributed by atoms with E-state index in [0.717, 1.165) is 18.4 Å². The summed E-state index contributed by atoms with van der Waals surface area (Å²) in [6.45, 7) is 9.82. The lowest BCUT2D eigenvalue weighted by Gasteiger charge is -2.16. The number of carbonyl (C=O) groups excluding carboxylic acids is 2. The van der Waals surface area contributed by atoms with E-state index in [1.54, 1.807) is 6.07 Å². The van der Waals surface area contributed by atoms with Gasteiger partial charge >= 0.3 is 12.1 Å². The summed E-state index contributed by atoms with van der Waals surface area (Å²) in [6, 6.07) is 5.14. The average Bonchev–Trinajstić information content (AvgIpc) is 2.50. The fraction of sp³-hybridized carbons (Fsp3) is 0.529. The molecule has 0 aliphatic rings. The molecule has 0 radical (unpaired) electrons. The molecule has 128 valence electrons. The molecule has 23 heavy (non-hydrogen) atoms. The summed E-state index contributed by atoms with van der Waals surface area (Å²) in [5.41, 5.74) is 2.24. The maximum Gasteiger partial charge on any atom is 0.319 e. The van der Waals surface area contributed by atoms with Crippen LogP contribution in [0.1, 0.15) is 46.1 Å². The molecule has 0 spiro atoms. The van der Waals surface area contributed by atoms with Gasteiger partial charge in [-0.25, -0.2) is 9.59 Å². The van der Waals surface area contributed by atoms with Crippen LogP contribution in [0.4, 0.5) is 21.0 Å².